The maximum Gasteiger partial charge on any atom is 0.353 e. The summed E-state index contributed by atoms with van der Waals surface area (Å²) in [7, 11) is 1.46. The van der Waals surface area contributed by atoms with E-state index < -0.39 is 11.8 Å². The van der Waals surface area contributed by atoms with Crippen molar-refractivity contribution < 1.29 is 14.3 Å². The molecule has 0 amide bonds. The van der Waals surface area contributed by atoms with E-state index in [1.807, 2.05) is 0 Å². The number of ether oxygens (including phenoxy) is 2. The Hall–Kier alpha value is -0.220. The van der Waals surface area contributed by atoms with Crippen LogP contribution in [-0.4, -0.2) is 18.9 Å². The molecule has 0 aromatic rings. The van der Waals surface area contributed by atoms with E-state index >= 15 is 0 Å². The van der Waals surface area contributed by atoms with Gasteiger partial charge in [0.25, 0.3) is 5.79 Å². The monoisotopic (exact) mass is 334 g/mol. The number of rotatable bonds is 1. The minimum absolute atomic E-state index is 0.114. The molecule has 3 nitrogen and oxygen atoms in total. The lowest BCUT2D eigenvalue weighted by atomic mass is 9.69. The summed E-state index contributed by atoms with van der Waals surface area (Å²) >= 11 is 19.1. The van der Waals surface area contributed by atoms with E-state index in [1.54, 1.807) is 0 Å². The van der Waals surface area contributed by atoms with E-state index in [0.717, 1.165) is 19.3 Å². The fourth-order valence-corrected chi connectivity index (χ4v) is 5.70. The summed E-state index contributed by atoms with van der Waals surface area (Å²) in [5.41, 5.74) is 0.693. The Morgan fingerprint density at radius 2 is 1.85 bits per heavy atom. The Labute approximate surface area is 131 Å². The van der Waals surface area contributed by atoms with Crippen molar-refractivity contribution in [3.8, 4) is 0 Å². The Bertz CT molecular complexity index is 582. The van der Waals surface area contributed by atoms with E-state index in [2.05, 4.69) is 0 Å². The Balaban J connectivity index is 1.98. The summed E-state index contributed by atoms with van der Waals surface area (Å²) in [5, 5.41) is 0.958. The lowest BCUT2D eigenvalue weighted by Crippen LogP contribution is -2.45. The van der Waals surface area contributed by atoms with Crippen LogP contribution in [0.4, 0.5) is 0 Å². The number of carbonyl (C=O) groups excluding carboxylic acids is 1. The van der Waals surface area contributed by atoms with E-state index in [-0.39, 0.29) is 21.9 Å². The van der Waals surface area contributed by atoms with Crippen molar-refractivity contribution in [3.63, 3.8) is 0 Å². The summed E-state index contributed by atoms with van der Waals surface area (Å²) in [6.07, 6.45) is 3.40. The van der Waals surface area contributed by atoms with Gasteiger partial charge in [0.15, 0.2) is 0 Å². The average Bonchev–Trinajstić information content (AvgIpc) is 3.10. The highest BCUT2D eigenvalue weighted by molar-refractivity contribution is 6.44. The standard InChI is InChI=1S/C14H13Cl3O3/c1-19-14-9(11(16)13(18)20-14)7-5-2-3-6(4-5)8(7)10(15)12(14)17/h5-8H,2-4H2,1H3/t5-,6+,7+,8-,14-/m0/s1. The number of allylic oxidation sites excluding steroid dienone is 1. The van der Waals surface area contributed by atoms with Gasteiger partial charge in [-0.1, -0.05) is 34.8 Å². The third-order valence-electron chi connectivity index (χ3n) is 5.34. The SMILES string of the molecule is CO[C@]12OC(=O)C(Cl)=C1[C@@H]1[C@H]3CC[C@H](C3)[C@@H]1C(Cl)=C2Cl. The summed E-state index contributed by atoms with van der Waals surface area (Å²) in [5.74, 6) is -0.690. The minimum atomic E-state index is -1.39. The summed E-state index contributed by atoms with van der Waals surface area (Å²) in [6, 6.07) is 0. The smallest absolute Gasteiger partial charge is 0.353 e. The second-order valence-corrected chi connectivity index (χ2v) is 7.15. The second kappa shape index (κ2) is 4.16. The molecule has 108 valence electrons. The molecule has 0 aromatic carbocycles. The van der Waals surface area contributed by atoms with Crippen molar-refractivity contribution >= 4 is 40.8 Å². The molecule has 5 atom stereocenters. The van der Waals surface area contributed by atoms with Gasteiger partial charge < -0.3 is 9.47 Å². The lowest BCUT2D eigenvalue weighted by Gasteiger charge is -2.43. The third-order valence-corrected chi connectivity index (χ3v) is 6.68. The highest BCUT2D eigenvalue weighted by atomic mass is 35.5. The fraction of sp³-hybridized carbons (Fsp3) is 0.643. The minimum Gasteiger partial charge on any atom is -0.419 e. The van der Waals surface area contributed by atoms with Gasteiger partial charge in [-0.3, -0.25) is 0 Å². The van der Waals surface area contributed by atoms with Gasteiger partial charge in [-0.25, -0.2) is 4.79 Å². The molecule has 6 heteroatoms. The van der Waals surface area contributed by atoms with Crippen LogP contribution in [0.15, 0.2) is 20.7 Å². The van der Waals surface area contributed by atoms with E-state index in [0.29, 0.717) is 22.4 Å². The van der Waals surface area contributed by atoms with Crippen LogP contribution in [0.3, 0.4) is 0 Å². The van der Waals surface area contributed by atoms with Gasteiger partial charge in [0, 0.05) is 23.6 Å². The van der Waals surface area contributed by atoms with Crippen molar-refractivity contribution in [1.82, 2.24) is 0 Å². The molecule has 2 bridgehead atoms. The molecule has 0 radical (unpaired) electrons. The largest absolute Gasteiger partial charge is 0.419 e. The summed E-state index contributed by atoms with van der Waals surface area (Å²) in [6.45, 7) is 0. The first kappa shape index (κ1) is 13.4. The van der Waals surface area contributed by atoms with Crippen LogP contribution in [0.5, 0.6) is 0 Å². The molecule has 3 aliphatic carbocycles. The van der Waals surface area contributed by atoms with Crippen molar-refractivity contribution in [2.24, 2.45) is 23.7 Å². The van der Waals surface area contributed by atoms with Crippen LogP contribution in [-0.2, 0) is 14.3 Å². The normalized spacial score (nSPS) is 45.9. The van der Waals surface area contributed by atoms with E-state index in [1.165, 1.54) is 7.11 Å². The molecule has 4 rings (SSSR count). The molecule has 2 fully saturated rings. The van der Waals surface area contributed by atoms with Gasteiger partial charge in [0.1, 0.15) is 10.1 Å². The lowest BCUT2D eigenvalue weighted by molar-refractivity contribution is -0.180. The fourth-order valence-electron chi connectivity index (χ4n) is 4.63. The van der Waals surface area contributed by atoms with Crippen LogP contribution >= 0.6 is 34.8 Å². The molecule has 1 aliphatic heterocycles. The van der Waals surface area contributed by atoms with Gasteiger partial charge in [0.05, 0.1) is 0 Å². The number of esters is 1. The number of methoxy groups -OCH3 is 1. The topological polar surface area (TPSA) is 35.5 Å². The van der Waals surface area contributed by atoms with Gasteiger partial charge in [-0.15, -0.1) is 0 Å². The molecule has 0 saturated heterocycles. The molecule has 4 aliphatic rings. The summed E-state index contributed by atoms with van der Waals surface area (Å²) < 4.78 is 10.9. The first-order valence-electron chi connectivity index (χ1n) is 6.75. The van der Waals surface area contributed by atoms with Crippen LogP contribution in [0.1, 0.15) is 19.3 Å². The zero-order valence-corrected chi connectivity index (χ0v) is 13.1. The van der Waals surface area contributed by atoms with E-state index in [4.69, 9.17) is 44.3 Å². The first-order valence-corrected chi connectivity index (χ1v) is 7.89. The zero-order chi connectivity index (χ0) is 14.2. The average molecular weight is 336 g/mol. The highest BCUT2D eigenvalue weighted by Crippen LogP contribution is 2.66. The van der Waals surface area contributed by atoms with Crippen molar-refractivity contribution in [3.05, 3.63) is 20.7 Å². The number of halogens is 3. The molecule has 0 aromatic heterocycles. The van der Waals surface area contributed by atoms with Gasteiger partial charge in [0.2, 0.25) is 0 Å². The van der Waals surface area contributed by atoms with Gasteiger partial charge in [-0.05, 0) is 37.0 Å². The van der Waals surface area contributed by atoms with Crippen LogP contribution in [0.25, 0.3) is 0 Å². The van der Waals surface area contributed by atoms with Crippen LogP contribution < -0.4 is 0 Å². The molecule has 20 heavy (non-hydrogen) atoms. The highest BCUT2D eigenvalue weighted by Gasteiger charge is 2.64. The molecule has 0 N–H and O–H groups in total. The van der Waals surface area contributed by atoms with Crippen LogP contribution in [0, 0.1) is 23.7 Å². The number of hydrogen-bond acceptors (Lipinski definition) is 3. The molecule has 0 spiro atoms. The van der Waals surface area contributed by atoms with Crippen molar-refractivity contribution in [2.45, 2.75) is 25.0 Å². The first-order chi connectivity index (χ1) is 9.51. The van der Waals surface area contributed by atoms with Crippen molar-refractivity contribution in [2.75, 3.05) is 7.11 Å². The number of carbonyl (C=O) groups is 1. The Morgan fingerprint density at radius 3 is 2.50 bits per heavy atom. The predicted molar refractivity (Wildman–Crippen MR) is 75.3 cm³/mol. The molecule has 0 unspecified atom stereocenters. The predicted octanol–water partition coefficient (Wildman–Crippen LogP) is 3.74. The van der Waals surface area contributed by atoms with Gasteiger partial charge >= 0.3 is 5.97 Å². The second-order valence-electron chi connectivity index (χ2n) is 5.98. The van der Waals surface area contributed by atoms with Gasteiger partial charge in [-0.2, -0.15) is 0 Å². The molecule has 1 heterocycles. The maximum atomic E-state index is 11.9. The Kier molecular flexibility index (Phi) is 2.80. The Morgan fingerprint density at radius 1 is 1.20 bits per heavy atom. The number of fused-ring (bicyclic) bond motifs is 7. The molecular weight excluding hydrogens is 323 g/mol. The number of hydrogen-bond donors (Lipinski definition) is 0. The maximum absolute atomic E-state index is 11.9. The third kappa shape index (κ3) is 1.36. The van der Waals surface area contributed by atoms with Crippen LogP contribution in [0.2, 0.25) is 0 Å². The van der Waals surface area contributed by atoms with E-state index in [9.17, 15) is 4.79 Å². The quantitative estimate of drug-likeness (QED) is 0.685. The molecule has 2 saturated carbocycles. The zero-order valence-electron chi connectivity index (χ0n) is 10.8. The summed E-state index contributed by atoms with van der Waals surface area (Å²) in [4.78, 5) is 11.9. The van der Waals surface area contributed by atoms with Crippen molar-refractivity contribution in [1.29, 1.82) is 0 Å². The molecular formula is C14H13Cl3O3.